The summed E-state index contributed by atoms with van der Waals surface area (Å²) in [5, 5.41) is 3.31. The second-order valence-electron chi connectivity index (χ2n) is 3.94. The summed E-state index contributed by atoms with van der Waals surface area (Å²) in [7, 11) is 0. The third-order valence-corrected chi connectivity index (χ3v) is 2.92. The lowest BCUT2D eigenvalue weighted by Gasteiger charge is -2.10. The van der Waals surface area contributed by atoms with Crippen LogP contribution in [0.1, 0.15) is 30.4 Å². The third kappa shape index (κ3) is 1.95. The van der Waals surface area contributed by atoms with Crippen LogP contribution in [0.4, 0.5) is 4.39 Å². The molecule has 0 radical (unpaired) electrons. The molecule has 2 rings (SSSR count). The van der Waals surface area contributed by atoms with Crippen LogP contribution in [-0.2, 0) is 6.42 Å². The molecule has 76 valence electrons. The van der Waals surface area contributed by atoms with E-state index in [2.05, 4.69) is 18.3 Å². The summed E-state index contributed by atoms with van der Waals surface area (Å²) in [5.41, 5.74) is 2.26. The molecule has 1 aromatic carbocycles. The molecule has 0 saturated carbocycles. The summed E-state index contributed by atoms with van der Waals surface area (Å²) in [6.45, 7) is 4.11. The van der Waals surface area contributed by atoms with Gasteiger partial charge in [0.15, 0.2) is 0 Å². The number of hydrogen-bond acceptors (Lipinski definition) is 1. The van der Waals surface area contributed by atoms with E-state index in [0.717, 1.165) is 37.1 Å². The van der Waals surface area contributed by atoms with Crippen molar-refractivity contribution in [1.29, 1.82) is 0 Å². The molecule has 2 heteroatoms. The van der Waals surface area contributed by atoms with Crippen molar-refractivity contribution in [3.8, 4) is 0 Å². The largest absolute Gasteiger partial charge is 0.316 e. The number of nitrogens with one attached hydrogen (secondary N) is 1. The normalized spacial score (nSPS) is 21.4. The summed E-state index contributed by atoms with van der Waals surface area (Å²) in [4.78, 5) is 0. The first-order chi connectivity index (χ1) is 6.79. The average molecular weight is 193 g/mol. The van der Waals surface area contributed by atoms with E-state index in [0.29, 0.717) is 5.92 Å². The van der Waals surface area contributed by atoms with Gasteiger partial charge in [0, 0.05) is 6.54 Å². The van der Waals surface area contributed by atoms with Crippen molar-refractivity contribution in [2.45, 2.75) is 25.7 Å². The standard InChI is InChI=1S/C12H16FN/c1-2-9-5-11(7-12(13)6-9)10-3-4-14-8-10/h5-7,10,14H,2-4,8H2,1H3. The fraction of sp³-hybridized carbons (Fsp3) is 0.500. The topological polar surface area (TPSA) is 12.0 Å². The molecule has 0 amide bonds. The lowest BCUT2D eigenvalue weighted by Crippen LogP contribution is -2.08. The molecular formula is C12H16FN. The van der Waals surface area contributed by atoms with E-state index in [-0.39, 0.29) is 5.82 Å². The molecule has 1 aliphatic heterocycles. The second-order valence-corrected chi connectivity index (χ2v) is 3.94. The van der Waals surface area contributed by atoms with E-state index >= 15 is 0 Å². The highest BCUT2D eigenvalue weighted by atomic mass is 19.1. The molecule has 0 aliphatic carbocycles. The molecule has 14 heavy (non-hydrogen) atoms. The van der Waals surface area contributed by atoms with Gasteiger partial charge in [-0.1, -0.05) is 13.0 Å². The van der Waals surface area contributed by atoms with Crippen molar-refractivity contribution in [3.05, 3.63) is 35.1 Å². The minimum Gasteiger partial charge on any atom is -0.316 e. The molecule has 1 heterocycles. The van der Waals surface area contributed by atoms with Crippen LogP contribution in [0.25, 0.3) is 0 Å². The molecule has 1 aliphatic rings. The smallest absolute Gasteiger partial charge is 0.123 e. The highest BCUT2D eigenvalue weighted by Crippen LogP contribution is 2.24. The Kier molecular flexibility index (Phi) is 2.82. The Morgan fingerprint density at radius 1 is 1.43 bits per heavy atom. The van der Waals surface area contributed by atoms with Gasteiger partial charge in [0.05, 0.1) is 0 Å². The van der Waals surface area contributed by atoms with E-state index < -0.39 is 0 Å². The van der Waals surface area contributed by atoms with Crippen LogP contribution in [0.5, 0.6) is 0 Å². The van der Waals surface area contributed by atoms with Crippen LogP contribution < -0.4 is 5.32 Å². The third-order valence-electron chi connectivity index (χ3n) is 2.92. The van der Waals surface area contributed by atoms with E-state index in [4.69, 9.17) is 0 Å². The van der Waals surface area contributed by atoms with Gasteiger partial charge in [-0.2, -0.15) is 0 Å². The van der Waals surface area contributed by atoms with Crippen LogP contribution in [-0.4, -0.2) is 13.1 Å². The molecule has 1 nitrogen and oxygen atoms in total. The quantitative estimate of drug-likeness (QED) is 0.760. The zero-order valence-electron chi connectivity index (χ0n) is 8.52. The Morgan fingerprint density at radius 2 is 2.29 bits per heavy atom. The van der Waals surface area contributed by atoms with Gasteiger partial charge in [-0.15, -0.1) is 0 Å². The predicted octanol–water partition coefficient (Wildman–Crippen LogP) is 2.47. The van der Waals surface area contributed by atoms with Gasteiger partial charge in [-0.3, -0.25) is 0 Å². The van der Waals surface area contributed by atoms with Crippen LogP contribution in [0, 0.1) is 5.82 Å². The van der Waals surface area contributed by atoms with Gasteiger partial charge < -0.3 is 5.32 Å². The second kappa shape index (κ2) is 4.09. The van der Waals surface area contributed by atoms with Crippen molar-refractivity contribution in [2.24, 2.45) is 0 Å². The zero-order chi connectivity index (χ0) is 9.97. The van der Waals surface area contributed by atoms with E-state index in [9.17, 15) is 4.39 Å². The van der Waals surface area contributed by atoms with Gasteiger partial charge in [0.2, 0.25) is 0 Å². The highest BCUT2D eigenvalue weighted by Gasteiger charge is 2.17. The molecule has 1 aromatic rings. The first-order valence-corrected chi connectivity index (χ1v) is 5.29. The molecule has 0 spiro atoms. The monoisotopic (exact) mass is 193 g/mol. The van der Waals surface area contributed by atoms with Crippen molar-refractivity contribution in [3.63, 3.8) is 0 Å². The lowest BCUT2D eigenvalue weighted by molar-refractivity contribution is 0.618. The van der Waals surface area contributed by atoms with Crippen molar-refractivity contribution >= 4 is 0 Å². The highest BCUT2D eigenvalue weighted by molar-refractivity contribution is 5.28. The summed E-state index contributed by atoms with van der Waals surface area (Å²) in [5.74, 6) is 0.419. The van der Waals surface area contributed by atoms with Crippen LogP contribution >= 0.6 is 0 Å². The van der Waals surface area contributed by atoms with E-state index in [1.165, 1.54) is 0 Å². The summed E-state index contributed by atoms with van der Waals surface area (Å²) in [6.07, 6.45) is 2.04. The molecule has 0 bridgehead atoms. The van der Waals surface area contributed by atoms with Crippen molar-refractivity contribution < 1.29 is 4.39 Å². The van der Waals surface area contributed by atoms with Crippen LogP contribution in [0.3, 0.4) is 0 Å². The fourth-order valence-corrected chi connectivity index (χ4v) is 2.05. The van der Waals surface area contributed by atoms with Gasteiger partial charge in [0.1, 0.15) is 5.82 Å². The molecular weight excluding hydrogens is 177 g/mol. The van der Waals surface area contributed by atoms with E-state index in [1.54, 1.807) is 12.1 Å². The summed E-state index contributed by atoms with van der Waals surface area (Å²) < 4.78 is 13.2. The number of rotatable bonds is 2. The van der Waals surface area contributed by atoms with Gasteiger partial charge in [-0.25, -0.2) is 4.39 Å². The predicted molar refractivity (Wildman–Crippen MR) is 56.0 cm³/mol. The fourth-order valence-electron chi connectivity index (χ4n) is 2.05. The van der Waals surface area contributed by atoms with E-state index in [1.807, 2.05) is 0 Å². The van der Waals surface area contributed by atoms with Gasteiger partial charge in [0.25, 0.3) is 0 Å². The van der Waals surface area contributed by atoms with Crippen LogP contribution in [0.2, 0.25) is 0 Å². The Balaban J connectivity index is 2.27. The maximum absolute atomic E-state index is 13.2. The SMILES string of the molecule is CCc1cc(F)cc(C2CCNC2)c1. The lowest BCUT2D eigenvalue weighted by atomic mass is 9.96. The Morgan fingerprint density at radius 3 is 2.93 bits per heavy atom. The maximum atomic E-state index is 13.2. The molecule has 1 atom stereocenters. The summed E-state index contributed by atoms with van der Waals surface area (Å²) >= 11 is 0. The minimum absolute atomic E-state index is 0.0914. The average Bonchev–Trinajstić information content (AvgIpc) is 2.69. The van der Waals surface area contributed by atoms with Crippen molar-refractivity contribution in [2.75, 3.05) is 13.1 Å². The van der Waals surface area contributed by atoms with Crippen molar-refractivity contribution in [1.82, 2.24) is 5.32 Å². The Hall–Kier alpha value is -0.890. The molecule has 1 unspecified atom stereocenters. The Bertz CT molecular complexity index is 316. The Labute approximate surface area is 84.3 Å². The van der Waals surface area contributed by atoms with Gasteiger partial charge >= 0.3 is 0 Å². The number of hydrogen-bond donors (Lipinski definition) is 1. The number of halogens is 1. The maximum Gasteiger partial charge on any atom is 0.123 e. The van der Waals surface area contributed by atoms with Crippen LogP contribution in [0.15, 0.2) is 18.2 Å². The molecule has 0 aromatic heterocycles. The van der Waals surface area contributed by atoms with Gasteiger partial charge in [-0.05, 0) is 48.6 Å². The minimum atomic E-state index is -0.0914. The number of benzene rings is 1. The first kappa shape index (κ1) is 9.66. The zero-order valence-corrected chi connectivity index (χ0v) is 8.52. The molecule has 1 fully saturated rings. The molecule has 1 saturated heterocycles. The summed E-state index contributed by atoms with van der Waals surface area (Å²) in [6, 6.07) is 5.45. The molecule has 1 N–H and O–H groups in total. The number of aryl methyl sites for hydroxylation is 1. The first-order valence-electron chi connectivity index (χ1n) is 5.29.